The monoisotopic (exact) mass is 725 g/mol. The van der Waals surface area contributed by atoms with Gasteiger partial charge in [0.1, 0.15) is 0 Å². The van der Waals surface area contributed by atoms with Crippen molar-refractivity contribution in [2.45, 2.75) is 113 Å². The van der Waals surface area contributed by atoms with Gasteiger partial charge in [0.05, 0.1) is 23.2 Å². The number of benzene rings is 4. The van der Waals surface area contributed by atoms with Gasteiger partial charge in [-0.05, 0) is 98.3 Å². The maximum atomic E-state index is 7.37. The second-order valence-electron chi connectivity index (χ2n) is 17.8. The van der Waals surface area contributed by atoms with Crippen LogP contribution in [-0.4, -0.2) is 54.8 Å². The summed E-state index contributed by atoms with van der Waals surface area (Å²) in [5, 5.41) is 2.55. The molecule has 0 radical (unpaired) electrons. The Labute approximate surface area is 324 Å². The van der Waals surface area contributed by atoms with E-state index in [4.69, 9.17) is 19.7 Å². The summed E-state index contributed by atoms with van der Waals surface area (Å²) in [6.45, 7) is 0. The van der Waals surface area contributed by atoms with Crippen molar-refractivity contribution < 1.29 is 4.74 Å². The van der Waals surface area contributed by atoms with Gasteiger partial charge in [0.15, 0.2) is 11.6 Å². The van der Waals surface area contributed by atoms with Crippen molar-refractivity contribution in [2.24, 2.45) is 23.7 Å². The molecule has 0 spiro atoms. The van der Waals surface area contributed by atoms with E-state index in [0.29, 0.717) is 47.8 Å². The fraction of sp³-hybridized carbons (Fsp3) is 0.449. The second-order valence-corrected chi connectivity index (χ2v) is 17.8. The third-order valence-corrected chi connectivity index (χ3v) is 15.3. The van der Waals surface area contributed by atoms with Crippen molar-refractivity contribution in [3.8, 4) is 28.7 Å². The maximum absolute atomic E-state index is 7.37. The summed E-state index contributed by atoms with van der Waals surface area (Å²) in [5.41, 5.74) is 5.76. The SMILES string of the molecule is c1ccc(-c2nc(-c3ccccc3)nc(-n3c4ccccc4c4cc(C5CC6OC7CCCCC7N7C8CCCCC8C8CCCC5C8C67)ccc43)n2)cc1. The van der Waals surface area contributed by atoms with Crippen LogP contribution < -0.4 is 0 Å². The summed E-state index contributed by atoms with van der Waals surface area (Å²) in [7, 11) is 0. The number of hydrogen-bond acceptors (Lipinski definition) is 5. The molecule has 278 valence electrons. The summed E-state index contributed by atoms with van der Waals surface area (Å²) in [6.07, 6.45) is 17.2. The summed E-state index contributed by atoms with van der Waals surface area (Å²) >= 11 is 0. The van der Waals surface area contributed by atoms with Gasteiger partial charge in [-0.25, -0.2) is 4.98 Å². The predicted octanol–water partition coefficient (Wildman–Crippen LogP) is 10.8. The molecule has 4 aliphatic carbocycles. The van der Waals surface area contributed by atoms with E-state index >= 15 is 0 Å². The van der Waals surface area contributed by atoms with Crippen LogP contribution in [0.25, 0.3) is 50.5 Å². The zero-order valence-electron chi connectivity index (χ0n) is 31.7. The molecule has 0 N–H and O–H groups in total. The molecule has 2 saturated heterocycles. The number of hydrogen-bond donors (Lipinski definition) is 0. The highest BCUT2D eigenvalue weighted by Gasteiger charge is 2.62. The largest absolute Gasteiger partial charge is 0.372 e. The van der Waals surface area contributed by atoms with Gasteiger partial charge < -0.3 is 4.74 Å². The fourth-order valence-corrected chi connectivity index (χ4v) is 13.3. The van der Waals surface area contributed by atoms with Gasteiger partial charge in [0.25, 0.3) is 0 Å². The van der Waals surface area contributed by atoms with Gasteiger partial charge in [-0.1, -0.05) is 117 Å². The van der Waals surface area contributed by atoms with E-state index in [1.807, 2.05) is 12.1 Å². The molecule has 12 rings (SSSR count). The average Bonchev–Trinajstić information content (AvgIpc) is 3.59. The van der Waals surface area contributed by atoms with Crippen molar-refractivity contribution in [2.75, 3.05) is 0 Å². The molecule has 6 heteroatoms. The molecule has 0 amide bonds. The quantitative estimate of drug-likeness (QED) is 0.181. The number of rotatable bonds is 4. The minimum atomic E-state index is 0.351. The van der Waals surface area contributed by atoms with Crippen LogP contribution in [0.15, 0.2) is 103 Å². The van der Waals surface area contributed by atoms with Crippen LogP contribution in [0.2, 0.25) is 0 Å². The van der Waals surface area contributed by atoms with E-state index in [1.165, 1.54) is 87.0 Å². The first-order valence-electron chi connectivity index (χ1n) is 21.6. The van der Waals surface area contributed by atoms with Crippen LogP contribution in [0.1, 0.15) is 88.5 Å². The third kappa shape index (κ3) is 5.16. The Morgan fingerprint density at radius 2 is 1.18 bits per heavy atom. The maximum Gasteiger partial charge on any atom is 0.238 e. The van der Waals surface area contributed by atoms with Crippen molar-refractivity contribution in [3.63, 3.8) is 0 Å². The molecule has 10 unspecified atom stereocenters. The molecule has 6 aliphatic rings. The van der Waals surface area contributed by atoms with Crippen molar-refractivity contribution in [1.29, 1.82) is 0 Å². The molecule has 6 fully saturated rings. The van der Waals surface area contributed by atoms with E-state index in [-0.39, 0.29) is 0 Å². The predicted molar refractivity (Wildman–Crippen MR) is 219 cm³/mol. The standard InChI is InChI=1S/C49H51N5O/c1-3-14-30(15-4-1)47-50-48(31-16-5-2-6-17-31)52-49(51-47)54-40-23-10-8-19-34(40)38-28-32(26-27-41(38)54)37-29-44-46-45-35(20-13-21-36(37)45)33-18-7-9-22-39(33)53(46)42-24-11-12-25-43(42)55-44/h1-6,8,10,14-17,19,23,26-28,33,35-37,39,42-46H,7,9,11-13,18,20-22,24-25,29H2. The van der Waals surface area contributed by atoms with Crippen LogP contribution >= 0.6 is 0 Å². The van der Waals surface area contributed by atoms with Crippen LogP contribution in [0.5, 0.6) is 0 Å². The van der Waals surface area contributed by atoms with Crippen molar-refractivity contribution >= 4 is 21.8 Å². The molecule has 6 nitrogen and oxygen atoms in total. The first-order chi connectivity index (χ1) is 27.3. The van der Waals surface area contributed by atoms with Gasteiger partial charge in [0.2, 0.25) is 5.95 Å². The first-order valence-corrected chi connectivity index (χ1v) is 21.6. The minimum absolute atomic E-state index is 0.351. The second kappa shape index (κ2) is 13.1. The number of ether oxygens (including phenoxy) is 1. The van der Waals surface area contributed by atoms with Crippen LogP contribution in [-0.2, 0) is 4.74 Å². The third-order valence-electron chi connectivity index (χ3n) is 15.3. The van der Waals surface area contributed by atoms with Gasteiger partial charge in [-0.3, -0.25) is 9.47 Å². The number of morpholine rings is 1. The lowest BCUT2D eigenvalue weighted by Crippen LogP contribution is -2.75. The van der Waals surface area contributed by atoms with Gasteiger partial charge >= 0.3 is 0 Å². The molecule has 55 heavy (non-hydrogen) atoms. The summed E-state index contributed by atoms with van der Waals surface area (Å²) in [6, 6.07) is 39.0. The number of aromatic nitrogens is 4. The smallest absolute Gasteiger partial charge is 0.238 e. The lowest BCUT2D eigenvalue weighted by molar-refractivity contribution is -0.255. The first kappa shape index (κ1) is 32.8. The summed E-state index contributed by atoms with van der Waals surface area (Å²) in [5.74, 6) is 5.79. The highest BCUT2D eigenvalue weighted by molar-refractivity contribution is 6.09. The highest BCUT2D eigenvalue weighted by atomic mass is 16.5. The van der Waals surface area contributed by atoms with Crippen LogP contribution in [0.4, 0.5) is 0 Å². The summed E-state index contributed by atoms with van der Waals surface area (Å²) < 4.78 is 9.65. The molecule has 0 bridgehead atoms. The molecule has 4 heterocycles. The molecular formula is C49H51N5O. The van der Waals surface area contributed by atoms with E-state index in [9.17, 15) is 0 Å². The lowest BCUT2D eigenvalue weighted by atomic mass is 9.50. The Hall–Kier alpha value is -4.39. The van der Waals surface area contributed by atoms with Crippen LogP contribution in [0.3, 0.4) is 0 Å². The van der Waals surface area contributed by atoms with E-state index < -0.39 is 0 Å². The van der Waals surface area contributed by atoms with Crippen molar-refractivity contribution in [1.82, 2.24) is 24.4 Å². The Morgan fingerprint density at radius 1 is 0.527 bits per heavy atom. The van der Waals surface area contributed by atoms with Crippen LogP contribution in [0, 0.1) is 23.7 Å². The van der Waals surface area contributed by atoms with E-state index in [2.05, 4.69) is 100 Å². The van der Waals surface area contributed by atoms with E-state index in [1.54, 1.807) is 0 Å². The summed E-state index contributed by atoms with van der Waals surface area (Å²) in [4.78, 5) is 18.6. The lowest BCUT2D eigenvalue weighted by Gasteiger charge is -2.68. The highest BCUT2D eigenvalue weighted by Crippen LogP contribution is 2.61. The number of nitrogens with zero attached hydrogens (tertiary/aromatic N) is 5. The number of fused-ring (bicyclic) bond motifs is 8. The van der Waals surface area contributed by atoms with E-state index in [0.717, 1.165) is 58.3 Å². The number of piperidine rings is 1. The molecule has 6 aromatic rings. The average molecular weight is 726 g/mol. The zero-order chi connectivity index (χ0) is 36.0. The van der Waals surface area contributed by atoms with Gasteiger partial charge in [0, 0.05) is 40.0 Å². The topological polar surface area (TPSA) is 56.1 Å². The molecule has 4 aromatic carbocycles. The zero-order valence-corrected chi connectivity index (χ0v) is 31.7. The Morgan fingerprint density at radius 3 is 1.98 bits per heavy atom. The Kier molecular flexibility index (Phi) is 7.81. The number of para-hydroxylation sites is 1. The molecular weight excluding hydrogens is 675 g/mol. The normalized spacial score (nSPS) is 32.8. The van der Waals surface area contributed by atoms with Gasteiger partial charge in [-0.2, -0.15) is 9.97 Å². The molecule has 10 atom stereocenters. The Bertz CT molecular complexity index is 2320. The van der Waals surface area contributed by atoms with Crippen molar-refractivity contribution in [3.05, 3.63) is 109 Å². The minimum Gasteiger partial charge on any atom is -0.372 e. The molecule has 2 aliphatic heterocycles. The molecule has 2 aromatic heterocycles. The Balaban J connectivity index is 0.989. The fourth-order valence-electron chi connectivity index (χ4n) is 13.3. The van der Waals surface area contributed by atoms with Gasteiger partial charge in [-0.15, -0.1) is 0 Å². The molecule has 4 saturated carbocycles.